The highest BCUT2D eigenvalue weighted by atomic mass is 19.1. The molecule has 4 aromatic rings. The largest absolute Gasteiger partial charge is 0.497 e. The van der Waals surface area contributed by atoms with Crippen molar-refractivity contribution in [3.63, 3.8) is 0 Å². The number of halogens is 1. The van der Waals surface area contributed by atoms with Gasteiger partial charge in [0, 0.05) is 11.4 Å². The lowest BCUT2D eigenvalue weighted by molar-refractivity contribution is 0.179. The number of benzene rings is 3. The first-order chi connectivity index (χ1) is 14.5. The van der Waals surface area contributed by atoms with Crippen LogP contribution in [0.15, 0.2) is 66.9 Å². The first kappa shape index (κ1) is 19.9. The van der Waals surface area contributed by atoms with Crippen molar-refractivity contribution in [1.29, 1.82) is 0 Å². The Kier molecular flexibility index (Phi) is 5.42. The Balaban J connectivity index is 1.70. The van der Waals surface area contributed by atoms with Gasteiger partial charge < -0.3 is 15.2 Å². The molecular formula is C24H24FN3O2. The van der Waals surface area contributed by atoms with Crippen LogP contribution in [0.1, 0.15) is 24.2 Å². The molecular weight excluding hydrogens is 381 g/mol. The van der Waals surface area contributed by atoms with Gasteiger partial charge >= 0.3 is 0 Å². The zero-order valence-corrected chi connectivity index (χ0v) is 17.2. The normalized spacial score (nSPS) is 13.2. The van der Waals surface area contributed by atoms with Gasteiger partial charge in [-0.1, -0.05) is 12.1 Å². The highest BCUT2D eigenvalue weighted by Gasteiger charge is 2.20. The Bertz CT molecular complexity index is 1170. The zero-order chi connectivity index (χ0) is 21.3. The van der Waals surface area contributed by atoms with Gasteiger partial charge in [-0.05, 0) is 73.5 Å². The lowest BCUT2D eigenvalue weighted by atomic mass is 10.0. The Morgan fingerprint density at radius 3 is 2.53 bits per heavy atom. The first-order valence-corrected chi connectivity index (χ1v) is 9.77. The highest BCUT2D eigenvalue weighted by Crippen LogP contribution is 2.32. The second-order valence-corrected chi connectivity index (χ2v) is 7.38. The minimum atomic E-state index is -0.330. The summed E-state index contributed by atoms with van der Waals surface area (Å²) in [6.45, 7) is 3.91. The number of hydrogen-bond donors (Lipinski definition) is 1. The van der Waals surface area contributed by atoms with Crippen molar-refractivity contribution in [2.45, 2.75) is 26.0 Å². The Morgan fingerprint density at radius 2 is 1.83 bits per heavy atom. The molecule has 2 atom stereocenters. The summed E-state index contributed by atoms with van der Waals surface area (Å²) in [5, 5.41) is 5.39. The molecule has 0 bridgehead atoms. The molecule has 0 saturated heterocycles. The van der Waals surface area contributed by atoms with Crippen LogP contribution in [0.3, 0.4) is 0 Å². The van der Waals surface area contributed by atoms with Gasteiger partial charge in [0.25, 0.3) is 0 Å². The minimum absolute atomic E-state index is 0.228. The Hall–Kier alpha value is -3.38. The van der Waals surface area contributed by atoms with Gasteiger partial charge in [0.2, 0.25) is 0 Å². The van der Waals surface area contributed by atoms with Crippen LogP contribution in [0.2, 0.25) is 0 Å². The molecule has 0 fully saturated rings. The predicted molar refractivity (Wildman–Crippen MR) is 116 cm³/mol. The van der Waals surface area contributed by atoms with E-state index in [0.717, 1.165) is 39.2 Å². The number of fused-ring (bicyclic) bond motifs is 1. The summed E-state index contributed by atoms with van der Waals surface area (Å²) < 4.78 is 26.8. The van der Waals surface area contributed by atoms with E-state index in [-0.39, 0.29) is 18.0 Å². The third kappa shape index (κ3) is 3.86. The number of nitrogens with zero attached hydrogens (tertiary/aromatic N) is 2. The van der Waals surface area contributed by atoms with Crippen molar-refractivity contribution in [1.82, 2.24) is 9.78 Å². The van der Waals surface area contributed by atoms with Crippen LogP contribution in [0.5, 0.6) is 11.5 Å². The second kappa shape index (κ2) is 8.16. The van der Waals surface area contributed by atoms with E-state index in [1.165, 1.54) is 12.1 Å². The summed E-state index contributed by atoms with van der Waals surface area (Å²) in [5.74, 6) is 1.22. The van der Waals surface area contributed by atoms with Crippen LogP contribution in [0.25, 0.3) is 16.6 Å². The number of aryl methyl sites for hydroxylation is 1. The first-order valence-electron chi connectivity index (χ1n) is 9.77. The lowest BCUT2D eigenvalue weighted by Gasteiger charge is -2.24. The Labute approximate surface area is 174 Å². The van der Waals surface area contributed by atoms with Crippen molar-refractivity contribution in [3.05, 3.63) is 83.8 Å². The van der Waals surface area contributed by atoms with Crippen LogP contribution < -0.4 is 15.2 Å². The quantitative estimate of drug-likeness (QED) is 0.493. The maximum atomic E-state index is 13.3. The SMILES string of the molecule is COc1cccc([C@@H](Oc2cc3cnn(-c4ccc(F)cc4)c3cc2C)[C@H](C)N)c1. The van der Waals surface area contributed by atoms with E-state index in [4.69, 9.17) is 15.2 Å². The molecule has 1 aromatic heterocycles. The average molecular weight is 405 g/mol. The van der Waals surface area contributed by atoms with Crippen molar-refractivity contribution >= 4 is 10.9 Å². The molecule has 0 unspecified atom stereocenters. The summed E-state index contributed by atoms with van der Waals surface area (Å²) in [5.41, 5.74) is 9.88. The van der Waals surface area contributed by atoms with Crippen molar-refractivity contribution in [2.75, 3.05) is 7.11 Å². The summed E-state index contributed by atoms with van der Waals surface area (Å²) >= 11 is 0. The number of rotatable bonds is 6. The molecule has 0 aliphatic rings. The van der Waals surface area contributed by atoms with Gasteiger partial charge in [-0.15, -0.1) is 0 Å². The fourth-order valence-electron chi connectivity index (χ4n) is 3.51. The molecule has 0 aliphatic heterocycles. The molecule has 3 aromatic carbocycles. The molecule has 6 heteroatoms. The molecule has 0 saturated carbocycles. The lowest BCUT2D eigenvalue weighted by Crippen LogP contribution is -2.29. The number of hydrogen-bond acceptors (Lipinski definition) is 4. The summed E-state index contributed by atoms with van der Waals surface area (Å²) in [6.07, 6.45) is 1.45. The standard InChI is InChI=1S/C24H24FN3O2/c1-15-11-22-18(14-27-28(22)20-9-7-19(25)8-10-20)13-23(15)30-24(16(2)26)17-5-4-6-21(12-17)29-3/h4-14,16,24H,26H2,1-3H3/t16-,24-/m0/s1. The van der Waals surface area contributed by atoms with Crippen LogP contribution in [-0.2, 0) is 0 Å². The molecule has 1 heterocycles. The molecule has 154 valence electrons. The fraction of sp³-hybridized carbons (Fsp3) is 0.208. The van der Waals surface area contributed by atoms with E-state index in [0.29, 0.717) is 0 Å². The second-order valence-electron chi connectivity index (χ2n) is 7.38. The predicted octanol–water partition coefficient (Wildman–Crippen LogP) is 4.95. The van der Waals surface area contributed by atoms with Crippen LogP contribution in [0.4, 0.5) is 4.39 Å². The maximum absolute atomic E-state index is 13.3. The van der Waals surface area contributed by atoms with Crippen LogP contribution >= 0.6 is 0 Å². The van der Waals surface area contributed by atoms with E-state index < -0.39 is 0 Å². The van der Waals surface area contributed by atoms with Crippen molar-refractivity contribution in [3.8, 4) is 17.2 Å². The van der Waals surface area contributed by atoms with E-state index in [1.807, 2.05) is 50.2 Å². The topological polar surface area (TPSA) is 62.3 Å². The third-order valence-corrected chi connectivity index (χ3v) is 5.09. The Morgan fingerprint density at radius 1 is 1.07 bits per heavy atom. The molecule has 0 radical (unpaired) electrons. The molecule has 30 heavy (non-hydrogen) atoms. The number of nitrogens with two attached hydrogens (primary N) is 1. The highest BCUT2D eigenvalue weighted by molar-refractivity contribution is 5.83. The number of ether oxygens (including phenoxy) is 2. The monoisotopic (exact) mass is 405 g/mol. The van der Waals surface area contributed by atoms with Crippen molar-refractivity contribution in [2.24, 2.45) is 5.73 Å². The smallest absolute Gasteiger partial charge is 0.139 e. The minimum Gasteiger partial charge on any atom is -0.497 e. The van der Waals surface area contributed by atoms with Crippen LogP contribution in [-0.4, -0.2) is 22.9 Å². The zero-order valence-electron chi connectivity index (χ0n) is 17.2. The number of methoxy groups -OCH3 is 1. The average Bonchev–Trinajstić information content (AvgIpc) is 3.14. The molecule has 4 rings (SSSR count). The molecule has 0 aliphatic carbocycles. The fourth-order valence-corrected chi connectivity index (χ4v) is 3.51. The summed E-state index contributed by atoms with van der Waals surface area (Å²) in [6, 6.07) is 17.8. The molecule has 0 amide bonds. The van der Waals surface area contributed by atoms with Crippen molar-refractivity contribution < 1.29 is 13.9 Å². The molecule has 5 nitrogen and oxygen atoms in total. The van der Waals surface area contributed by atoms with E-state index in [1.54, 1.807) is 30.1 Å². The molecule has 2 N–H and O–H groups in total. The van der Waals surface area contributed by atoms with E-state index in [9.17, 15) is 4.39 Å². The summed E-state index contributed by atoms with van der Waals surface area (Å²) in [7, 11) is 1.64. The van der Waals surface area contributed by atoms with Gasteiger partial charge in [-0.2, -0.15) is 5.10 Å². The van der Waals surface area contributed by atoms with Gasteiger partial charge in [0.05, 0.1) is 24.5 Å². The third-order valence-electron chi connectivity index (χ3n) is 5.09. The molecule has 0 spiro atoms. The maximum Gasteiger partial charge on any atom is 0.139 e. The van der Waals surface area contributed by atoms with Gasteiger partial charge in [-0.25, -0.2) is 9.07 Å². The van der Waals surface area contributed by atoms with Gasteiger partial charge in [-0.3, -0.25) is 0 Å². The van der Waals surface area contributed by atoms with E-state index >= 15 is 0 Å². The van der Waals surface area contributed by atoms with E-state index in [2.05, 4.69) is 5.10 Å². The number of aromatic nitrogens is 2. The van der Waals surface area contributed by atoms with Crippen LogP contribution in [0, 0.1) is 12.7 Å². The van der Waals surface area contributed by atoms with Gasteiger partial charge in [0.1, 0.15) is 23.4 Å². The van der Waals surface area contributed by atoms with Gasteiger partial charge in [0.15, 0.2) is 0 Å². The summed E-state index contributed by atoms with van der Waals surface area (Å²) in [4.78, 5) is 0.